The number of carbonyl (C=O) groups excluding carboxylic acids is 1. The first kappa shape index (κ1) is 14.4. The SMILES string of the molecule is COc1ccc(N)cc1C(=O)NCCCC(C)C. The highest BCUT2D eigenvalue weighted by Gasteiger charge is 2.11. The molecule has 0 aliphatic rings. The van der Waals surface area contributed by atoms with Crippen LogP contribution in [0.1, 0.15) is 37.0 Å². The lowest BCUT2D eigenvalue weighted by Crippen LogP contribution is -2.25. The summed E-state index contributed by atoms with van der Waals surface area (Å²) < 4.78 is 5.15. The molecule has 18 heavy (non-hydrogen) atoms. The number of nitrogens with two attached hydrogens (primary N) is 1. The van der Waals surface area contributed by atoms with Crippen LogP contribution in [0.15, 0.2) is 18.2 Å². The van der Waals surface area contributed by atoms with E-state index in [1.165, 1.54) is 0 Å². The highest BCUT2D eigenvalue weighted by atomic mass is 16.5. The van der Waals surface area contributed by atoms with Crippen molar-refractivity contribution in [1.82, 2.24) is 5.32 Å². The first-order chi connectivity index (χ1) is 8.54. The molecule has 0 unspecified atom stereocenters. The number of rotatable bonds is 6. The molecule has 0 atom stereocenters. The minimum Gasteiger partial charge on any atom is -0.496 e. The third kappa shape index (κ3) is 4.28. The Morgan fingerprint density at radius 2 is 2.17 bits per heavy atom. The van der Waals surface area contributed by atoms with Crippen molar-refractivity contribution >= 4 is 11.6 Å². The van der Waals surface area contributed by atoms with Crippen LogP contribution in [0, 0.1) is 5.92 Å². The van der Waals surface area contributed by atoms with Gasteiger partial charge in [-0.3, -0.25) is 4.79 Å². The predicted molar refractivity (Wildman–Crippen MR) is 73.8 cm³/mol. The molecule has 1 aromatic carbocycles. The third-order valence-electron chi connectivity index (χ3n) is 2.71. The molecular formula is C14H22N2O2. The molecule has 0 radical (unpaired) electrons. The van der Waals surface area contributed by atoms with Gasteiger partial charge in [-0.15, -0.1) is 0 Å². The predicted octanol–water partition coefficient (Wildman–Crippen LogP) is 2.44. The van der Waals surface area contributed by atoms with Crippen LogP contribution >= 0.6 is 0 Å². The molecule has 0 spiro atoms. The molecule has 0 heterocycles. The second-order valence-corrected chi connectivity index (χ2v) is 4.75. The van der Waals surface area contributed by atoms with E-state index in [1.54, 1.807) is 25.3 Å². The van der Waals surface area contributed by atoms with Crippen molar-refractivity contribution in [3.8, 4) is 5.75 Å². The molecule has 1 aromatic rings. The van der Waals surface area contributed by atoms with Crippen LogP contribution in [0.3, 0.4) is 0 Å². The van der Waals surface area contributed by atoms with Crippen LogP contribution in [0.5, 0.6) is 5.75 Å². The smallest absolute Gasteiger partial charge is 0.255 e. The molecule has 0 saturated heterocycles. The van der Waals surface area contributed by atoms with E-state index in [1.807, 2.05) is 0 Å². The number of hydrogen-bond acceptors (Lipinski definition) is 3. The second-order valence-electron chi connectivity index (χ2n) is 4.75. The molecule has 0 aromatic heterocycles. The third-order valence-corrected chi connectivity index (χ3v) is 2.71. The maximum absolute atomic E-state index is 12.0. The Morgan fingerprint density at radius 1 is 1.44 bits per heavy atom. The van der Waals surface area contributed by atoms with Gasteiger partial charge in [0.2, 0.25) is 0 Å². The topological polar surface area (TPSA) is 64.3 Å². The Hall–Kier alpha value is -1.71. The van der Waals surface area contributed by atoms with E-state index < -0.39 is 0 Å². The van der Waals surface area contributed by atoms with Gasteiger partial charge in [-0.05, 0) is 37.0 Å². The molecule has 4 nitrogen and oxygen atoms in total. The number of amides is 1. The summed E-state index contributed by atoms with van der Waals surface area (Å²) in [7, 11) is 1.54. The molecule has 100 valence electrons. The Balaban J connectivity index is 2.58. The first-order valence-electron chi connectivity index (χ1n) is 6.26. The summed E-state index contributed by atoms with van der Waals surface area (Å²) in [6, 6.07) is 5.06. The van der Waals surface area contributed by atoms with Gasteiger partial charge >= 0.3 is 0 Å². The minimum absolute atomic E-state index is 0.136. The van der Waals surface area contributed by atoms with E-state index >= 15 is 0 Å². The van der Waals surface area contributed by atoms with Crippen molar-refractivity contribution in [2.24, 2.45) is 5.92 Å². The number of nitrogens with one attached hydrogen (secondary N) is 1. The monoisotopic (exact) mass is 250 g/mol. The maximum Gasteiger partial charge on any atom is 0.255 e. The molecule has 0 bridgehead atoms. The molecule has 0 fully saturated rings. The summed E-state index contributed by atoms with van der Waals surface area (Å²) in [5.74, 6) is 1.07. The summed E-state index contributed by atoms with van der Waals surface area (Å²) in [6.07, 6.45) is 2.09. The average molecular weight is 250 g/mol. The summed E-state index contributed by atoms with van der Waals surface area (Å²) in [6.45, 7) is 5.01. The normalized spacial score (nSPS) is 10.4. The van der Waals surface area contributed by atoms with E-state index in [9.17, 15) is 4.79 Å². The number of methoxy groups -OCH3 is 1. The van der Waals surface area contributed by atoms with Gasteiger partial charge in [0.25, 0.3) is 5.91 Å². The average Bonchev–Trinajstić information content (AvgIpc) is 2.34. The number of ether oxygens (including phenoxy) is 1. The van der Waals surface area contributed by atoms with E-state index in [2.05, 4.69) is 19.2 Å². The fraction of sp³-hybridized carbons (Fsp3) is 0.500. The minimum atomic E-state index is -0.136. The highest BCUT2D eigenvalue weighted by molar-refractivity contribution is 5.97. The van der Waals surface area contributed by atoms with Gasteiger partial charge in [0.1, 0.15) is 5.75 Å². The molecule has 0 aliphatic carbocycles. The fourth-order valence-electron chi connectivity index (χ4n) is 1.71. The van der Waals surface area contributed by atoms with Gasteiger partial charge in [-0.25, -0.2) is 0 Å². The van der Waals surface area contributed by atoms with Crippen LogP contribution < -0.4 is 15.8 Å². The van der Waals surface area contributed by atoms with Crippen LogP contribution in [0.4, 0.5) is 5.69 Å². The summed E-state index contributed by atoms with van der Waals surface area (Å²) in [5, 5.41) is 2.88. The lowest BCUT2D eigenvalue weighted by atomic mass is 10.1. The number of benzene rings is 1. The zero-order valence-corrected chi connectivity index (χ0v) is 11.3. The Bertz CT molecular complexity index is 403. The van der Waals surface area contributed by atoms with Gasteiger partial charge in [-0.1, -0.05) is 13.8 Å². The second kappa shape index (κ2) is 6.89. The number of nitrogen functional groups attached to an aromatic ring is 1. The number of hydrogen-bond donors (Lipinski definition) is 2. The lowest BCUT2D eigenvalue weighted by Gasteiger charge is -2.10. The summed E-state index contributed by atoms with van der Waals surface area (Å²) in [4.78, 5) is 12.0. The lowest BCUT2D eigenvalue weighted by molar-refractivity contribution is 0.0949. The van der Waals surface area contributed by atoms with Gasteiger partial charge in [0.15, 0.2) is 0 Å². The van der Waals surface area contributed by atoms with Crippen LogP contribution in [0.25, 0.3) is 0 Å². The van der Waals surface area contributed by atoms with Crippen molar-refractivity contribution in [3.05, 3.63) is 23.8 Å². The van der Waals surface area contributed by atoms with E-state index in [0.717, 1.165) is 12.8 Å². The molecule has 3 N–H and O–H groups in total. The van der Waals surface area contributed by atoms with Gasteiger partial charge < -0.3 is 15.8 Å². The molecule has 4 heteroatoms. The van der Waals surface area contributed by atoms with Gasteiger partial charge in [-0.2, -0.15) is 0 Å². The van der Waals surface area contributed by atoms with Crippen molar-refractivity contribution < 1.29 is 9.53 Å². The molecule has 1 amide bonds. The summed E-state index contributed by atoms with van der Waals surface area (Å²) >= 11 is 0. The highest BCUT2D eigenvalue weighted by Crippen LogP contribution is 2.20. The van der Waals surface area contributed by atoms with E-state index in [4.69, 9.17) is 10.5 Å². The van der Waals surface area contributed by atoms with Crippen molar-refractivity contribution in [1.29, 1.82) is 0 Å². The Kier molecular flexibility index (Phi) is 5.49. The number of anilines is 1. The fourth-order valence-corrected chi connectivity index (χ4v) is 1.71. The van der Waals surface area contributed by atoms with Gasteiger partial charge in [0.05, 0.1) is 12.7 Å². The van der Waals surface area contributed by atoms with Gasteiger partial charge in [0, 0.05) is 12.2 Å². The van der Waals surface area contributed by atoms with Crippen LogP contribution in [-0.2, 0) is 0 Å². The molecular weight excluding hydrogens is 228 g/mol. The van der Waals surface area contributed by atoms with Crippen LogP contribution in [-0.4, -0.2) is 19.6 Å². The van der Waals surface area contributed by atoms with Crippen molar-refractivity contribution in [3.63, 3.8) is 0 Å². The Labute approximate surface area is 109 Å². The Morgan fingerprint density at radius 3 is 2.78 bits per heavy atom. The number of carbonyl (C=O) groups is 1. The van der Waals surface area contributed by atoms with E-state index in [0.29, 0.717) is 29.5 Å². The molecule has 0 aliphatic heterocycles. The maximum atomic E-state index is 12.0. The standard InChI is InChI=1S/C14H22N2O2/c1-10(2)5-4-8-16-14(17)12-9-11(15)6-7-13(12)18-3/h6-7,9-10H,4-5,8,15H2,1-3H3,(H,16,17). The zero-order valence-electron chi connectivity index (χ0n) is 11.3. The zero-order chi connectivity index (χ0) is 13.5. The largest absolute Gasteiger partial charge is 0.496 e. The van der Waals surface area contributed by atoms with E-state index in [-0.39, 0.29) is 5.91 Å². The molecule has 0 saturated carbocycles. The van der Waals surface area contributed by atoms with Crippen molar-refractivity contribution in [2.45, 2.75) is 26.7 Å². The van der Waals surface area contributed by atoms with Crippen LogP contribution in [0.2, 0.25) is 0 Å². The first-order valence-corrected chi connectivity index (χ1v) is 6.26. The summed E-state index contributed by atoms with van der Waals surface area (Å²) in [5.41, 5.74) is 6.73. The van der Waals surface area contributed by atoms with Crippen molar-refractivity contribution in [2.75, 3.05) is 19.4 Å². The quantitative estimate of drug-likeness (QED) is 0.602. The molecule has 1 rings (SSSR count).